The van der Waals surface area contributed by atoms with Gasteiger partial charge in [0.05, 0.1) is 27.8 Å². The molecule has 0 N–H and O–H groups in total. The maximum atomic E-state index is 2.49. The molecule has 0 unspecified atom stereocenters. The van der Waals surface area contributed by atoms with Crippen LogP contribution in [0.15, 0.2) is 188 Å². The quantitative estimate of drug-likeness (QED) is 0.181. The zero-order valence-electron chi connectivity index (χ0n) is 27.7. The smallest absolute Gasteiger partial charge is 0.131 e. The van der Waals surface area contributed by atoms with Crippen molar-refractivity contribution in [3.05, 3.63) is 188 Å². The molecule has 238 valence electrons. The van der Waals surface area contributed by atoms with Gasteiger partial charge in [-0.25, -0.2) is 0 Å². The van der Waals surface area contributed by atoms with Gasteiger partial charge >= 0.3 is 0 Å². The number of aromatic nitrogens is 2. The molecule has 8 aromatic carbocycles. The average molecular weight is 650 g/mol. The highest BCUT2D eigenvalue weighted by atomic mass is 15.2. The standard InChI is InChI=1S/C48H31N3/c1-2-12-32(13-3-1)33-24-28-36(29-25-33)49(37-30-26-35(27-31-37)39-19-10-15-34-14-4-5-16-38(34)39)44-22-11-23-45-47(44)51-43-21-9-7-18-41(43)46-40-17-6-8-20-42(40)50(45)48(46)51/h1-31H. The van der Waals surface area contributed by atoms with Crippen molar-refractivity contribution in [1.82, 2.24) is 8.80 Å². The Hall–Kier alpha value is -6.84. The molecule has 3 nitrogen and oxygen atoms in total. The van der Waals surface area contributed by atoms with Gasteiger partial charge < -0.3 is 4.90 Å². The fourth-order valence-corrected chi connectivity index (χ4v) is 8.41. The number of rotatable bonds is 5. The first-order chi connectivity index (χ1) is 25.3. The van der Waals surface area contributed by atoms with E-state index in [9.17, 15) is 0 Å². The van der Waals surface area contributed by atoms with Crippen LogP contribution in [0.2, 0.25) is 0 Å². The predicted molar refractivity (Wildman–Crippen MR) is 215 cm³/mol. The van der Waals surface area contributed by atoms with Crippen LogP contribution in [-0.4, -0.2) is 8.80 Å². The predicted octanol–water partition coefficient (Wildman–Crippen LogP) is 13.0. The van der Waals surface area contributed by atoms with Crippen LogP contribution in [0.25, 0.3) is 76.9 Å². The first-order valence-electron chi connectivity index (χ1n) is 17.5. The van der Waals surface area contributed by atoms with Crippen LogP contribution in [-0.2, 0) is 0 Å². The zero-order chi connectivity index (χ0) is 33.5. The Bertz CT molecular complexity index is 3050. The SMILES string of the molecule is c1ccc(-c2ccc(N(c3ccc(-c4cccc5ccccc45)cc3)c3cccc4c3n3c5ccccc5c5c6ccccc6n4c53)cc2)cc1. The molecule has 0 radical (unpaired) electrons. The van der Waals surface area contributed by atoms with Gasteiger partial charge in [0.25, 0.3) is 0 Å². The molecule has 3 heteroatoms. The lowest BCUT2D eigenvalue weighted by Crippen LogP contribution is -2.11. The molecule has 0 fully saturated rings. The molecule has 11 rings (SSSR count). The summed E-state index contributed by atoms with van der Waals surface area (Å²) in [5.74, 6) is 0. The summed E-state index contributed by atoms with van der Waals surface area (Å²) in [5.41, 5.74) is 14.3. The summed E-state index contributed by atoms with van der Waals surface area (Å²) in [6.07, 6.45) is 0. The van der Waals surface area contributed by atoms with E-state index in [1.165, 1.54) is 76.9 Å². The third-order valence-electron chi connectivity index (χ3n) is 10.6. The summed E-state index contributed by atoms with van der Waals surface area (Å²) >= 11 is 0. The largest absolute Gasteiger partial charge is 0.308 e. The first kappa shape index (κ1) is 28.0. The van der Waals surface area contributed by atoms with Crippen molar-refractivity contribution in [3.63, 3.8) is 0 Å². The van der Waals surface area contributed by atoms with E-state index in [0.717, 1.165) is 17.1 Å². The summed E-state index contributed by atoms with van der Waals surface area (Å²) in [6, 6.07) is 68.3. The van der Waals surface area contributed by atoms with E-state index < -0.39 is 0 Å². The summed E-state index contributed by atoms with van der Waals surface area (Å²) in [5, 5.41) is 6.39. The van der Waals surface area contributed by atoms with E-state index in [0.29, 0.717) is 0 Å². The number of hydrogen-bond acceptors (Lipinski definition) is 1. The number of benzene rings is 8. The lowest BCUT2D eigenvalue weighted by Gasteiger charge is -2.27. The van der Waals surface area contributed by atoms with Crippen molar-refractivity contribution in [1.29, 1.82) is 0 Å². The molecule has 0 atom stereocenters. The highest BCUT2D eigenvalue weighted by Gasteiger charge is 2.26. The van der Waals surface area contributed by atoms with Gasteiger partial charge in [0.2, 0.25) is 0 Å². The second-order valence-corrected chi connectivity index (χ2v) is 13.4. The topological polar surface area (TPSA) is 12.1 Å². The molecule has 3 aromatic heterocycles. The molecule has 0 spiro atoms. The van der Waals surface area contributed by atoms with Gasteiger partial charge in [-0.15, -0.1) is 0 Å². The highest BCUT2D eigenvalue weighted by molar-refractivity contribution is 6.24. The average Bonchev–Trinajstić information content (AvgIpc) is 3.84. The molecule has 0 aliphatic carbocycles. The molecule has 3 heterocycles. The minimum Gasteiger partial charge on any atom is -0.308 e. The van der Waals surface area contributed by atoms with Crippen LogP contribution in [0.5, 0.6) is 0 Å². The van der Waals surface area contributed by atoms with Crippen LogP contribution in [0.4, 0.5) is 17.1 Å². The maximum absolute atomic E-state index is 2.49. The first-order valence-corrected chi connectivity index (χ1v) is 17.5. The molecule has 0 aliphatic heterocycles. The number of anilines is 3. The second-order valence-electron chi connectivity index (χ2n) is 13.4. The van der Waals surface area contributed by atoms with Gasteiger partial charge in [-0.05, 0) is 81.6 Å². The van der Waals surface area contributed by atoms with E-state index in [2.05, 4.69) is 202 Å². The number of fused-ring (bicyclic) bond motifs is 10. The molecule has 0 amide bonds. The number of para-hydroxylation sites is 3. The minimum absolute atomic E-state index is 1.11. The van der Waals surface area contributed by atoms with Gasteiger partial charge in [0.15, 0.2) is 0 Å². The molecular weight excluding hydrogens is 619 g/mol. The zero-order valence-corrected chi connectivity index (χ0v) is 27.7. The third kappa shape index (κ3) is 4.06. The van der Waals surface area contributed by atoms with Gasteiger partial charge in [-0.2, -0.15) is 0 Å². The van der Waals surface area contributed by atoms with Gasteiger partial charge in [0.1, 0.15) is 5.65 Å². The van der Waals surface area contributed by atoms with Crippen molar-refractivity contribution in [2.75, 3.05) is 4.90 Å². The molecule has 0 bridgehead atoms. The van der Waals surface area contributed by atoms with Gasteiger partial charge in [0, 0.05) is 27.5 Å². The Kier molecular flexibility index (Phi) is 5.96. The lowest BCUT2D eigenvalue weighted by atomic mass is 9.98. The van der Waals surface area contributed by atoms with Gasteiger partial charge in [-0.3, -0.25) is 8.80 Å². The van der Waals surface area contributed by atoms with E-state index >= 15 is 0 Å². The van der Waals surface area contributed by atoms with Crippen molar-refractivity contribution < 1.29 is 0 Å². The Morgan fingerprint density at radius 2 is 0.882 bits per heavy atom. The normalized spacial score (nSPS) is 11.9. The summed E-state index contributed by atoms with van der Waals surface area (Å²) in [6.45, 7) is 0. The van der Waals surface area contributed by atoms with E-state index in [4.69, 9.17) is 0 Å². The molecule has 0 saturated carbocycles. The summed E-state index contributed by atoms with van der Waals surface area (Å²) in [7, 11) is 0. The van der Waals surface area contributed by atoms with Crippen molar-refractivity contribution >= 4 is 71.7 Å². The maximum Gasteiger partial charge on any atom is 0.131 e. The van der Waals surface area contributed by atoms with Crippen molar-refractivity contribution in [2.24, 2.45) is 0 Å². The Morgan fingerprint density at radius 3 is 1.61 bits per heavy atom. The fourth-order valence-electron chi connectivity index (χ4n) is 8.41. The fraction of sp³-hybridized carbons (Fsp3) is 0. The van der Waals surface area contributed by atoms with Crippen LogP contribution >= 0.6 is 0 Å². The Morgan fingerprint density at radius 1 is 0.353 bits per heavy atom. The summed E-state index contributed by atoms with van der Waals surface area (Å²) in [4.78, 5) is 2.43. The highest BCUT2D eigenvalue weighted by Crippen LogP contribution is 2.46. The van der Waals surface area contributed by atoms with Crippen LogP contribution in [0.3, 0.4) is 0 Å². The Balaban J connectivity index is 1.17. The summed E-state index contributed by atoms with van der Waals surface area (Å²) < 4.78 is 4.95. The molecular formula is C48H31N3. The molecule has 11 aromatic rings. The minimum atomic E-state index is 1.11. The molecule has 51 heavy (non-hydrogen) atoms. The number of hydrogen-bond donors (Lipinski definition) is 0. The monoisotopic (exact) mass is 649 g/mol. The lowest BCUT2D eigenvalue weighted by molar-refractivity contribution is 1.26. The molecule has 0 aliphatic rings. The van der Waals surface area contributed by atoms with E-state index in [-0.39, 0.29) is 0 Å². The number of imidazole rings is 1. The number of nitrogens with zero attached hydrogens (tertiary/aromatic N) is 3. The van der Waals surface area contributed by atoms with Crippen molar-refractivity contribution in [2.45, 2.75) is 0 Å². The second kappa shape index (κ2) is 10.8. The van der Waals surface area contributed by atoms with E-state index in [1.54, 1.807) is 0 Å². The third-order valence-corrected chi connectivity index (χ3v) is 10.6. The van der Waals surface area contributed by atoms with Crippen LogP contribution in [0, 0.1) is 0 Å². The van der Waals surface area contributed by atoms with Gasteiger partial charge in [-0.1, -0.05) is 140 Å². The van der Waals surface area contributed by atoms with Crippen LogP contribution < -0.4 is 4.90 Å². The van der Waals surface area contributed by atoms with E-state index in [1.807, 2.05) is 0 Å². The molecule has 0 saturated heterocycles. The van der Waals surface area contributed by atoms with Crippen molar-refractivity contribution in [3.8, 4) is 22.3 Å². The Labute approximate surface area is 294 Å². The van der Waals surface area contributed by atoms with Crippen LogP contribution in [0.1, 0.15) is 0 Å².